The van der Waals surface area contributed by atoms with Crippen LogP contribution in [-0.4, -0.2) is 22.0 Å². The highest BCUT2D eigenvalue weighted by Gasteiger charge is 2.24. The second-order valence-electron chi connectivity index (χ2n) is 4.61. The van der Waals surface area contributed by atoms with Crippen molar-refractivity contribution in [1.29, 1.82) is 0 Å². The van der Waals surface area contributed by atoms with Crippen molar-refractivity contribution in [2.45, 2.75) is 38.1 Å². The predicted octanol–water partition coefficient (Wildman–Crippen LogP) is 3.51. The first kappa shape index (κ1) is 11.4. The maximum absolute atomic E-state index is 6.09. The monoisotopic (exact) mass is 269 g/mol. The third-order valence-corrected chi connectivity index (χ3v) is 4.55. The van der Waals surface area contributed by atoms with E-state index in [4.69, 9.17) is 16.6 Å². The Morgan fingerprint density at radius 1 is 1.53 bits per heavy atom. The zero-order valence-corrected chi connectivity index (χ0v) is 11.5. The van der Waals surface area contributed by atoms with Crippen molar-refractivity contribution in [3.8, 4) is 0 Å². The van der Waals surface area contributed by atoms with Crippen LogP contribution in [0.3, 0.4) is 0 Å². The molecular weight excluding hydrogens is 254 g/mol. The summed E-state index contributed by atoms with van der Waals surface area (Å²) < 4.78 is 2.12. The number of rotatable bonds is 2. The first-order valence-electron chi connectivity index (χ1n) is 6.08. The molecule has 0 spiro atoms. The molecule has 1 saturated heterocycles. The maximum atomic E-state index is 6.09. The fourth-order valence-electron chi connectivity index (χ4n) is 2.59. The Bertz CT molecular complexity index is 519. The Morgan fingerprint density at radius 2 is 2.41 bits per heavy atom. The number of hydrogen-bond acceptors (Lipinski definition) is 3. The van der Waals surface area contributed by atoms with Crippen LogP contribution < -0.4 is 4.90 Å². The van der Waals surface area contributed by atoms with Crippen LogP contribution in [0.4, 0.5) is 5.82 Å². The average molecular weight is 270 g/mol. The first-order chi connectivity index (χ1) is 8.31. The van der Waals surface area contributed by atoms with E-state index in [1.165, 1.54) is 19.3 Å². The van der Waals surface area contributed by atoms with E-state index >= 15 is 0 Å². The molecule has 1 fully saturated rings. The molecule has 1 aliphatic rings. The van der Waals surface area contributed by atoms with Crippen molar-refractivity contribution in [1.82, 2.24) is 9.38 Å². The number of anilines is 1. The lowest BCUT2D eigenvalue weighted by atomic mass is 10.0. The van der Waals surface area contributed by atoms with Gasteiger partial charge in [0.1, 0.15) is 0 Å². The number of halogens is 1. The topological polar surface area (TPSA) is 20.5 Å². The molecule has 0 N–H and O–H groups in total. The minimum Gasteiger partial charge on any atom is -0.352 e. The summed E-state index contributed by atoms with van der Waals surface area (Å²) >= 11 is 7.76. The Kier molecular flexibility index (Phi) is 3.01. The summed E-state index contributed by atoms with van der Waals surface area (Å²) in [6.07, 6.45) is 5.91. The van der Waals surface area contributed by atoms with Gasteiger partial charge in [-0.25, -0.2) is 4.98 Å². The Balaban J connectivity index is 2.05. The number of thiazole rings is 1. The predicted molar refractivity (Wildman–Crippen MR) is 73.3 cm³/mol. The van der Waals surface area contributed by atoms with E-state index in [9.17, 15) is 0 Å². The average Bonchev–Trinajstić information content (AvgIpc) is 2.89. The number of alkyl halides is 1. The van der Waals surface area contributed by atoms with Crippen LogP contribution >= 0.6 is 22.9 Å². The van der Waals surface area contributed by atoms with Gasteiger partial charge < -0.3 is 4.90 Å². The maximum Gasteiger partial charge on any atom is 0.195 e. The number of imidazole rings is 1. The van der Waals surface area contributed by atoms with E-state index in [1.54, 1.807) is 11.3 Å². The Labute approximate surface area is 110 Å². The molecule has 3 rings (SSSR count). The van der Waals surface area contributed by atoms with E-state index in [-0.39, 0.29) is 0 Å². The number of aromatic nitrogens is 2. The minimum absolute atomic E-state index is 0.524. The van der Waals surface area contributed by atoms with Crippen LogP contribution in [0.25, 0.3) is 4.96 Å². The number of piperidine rings is 1. The van der Waals surface area contributed by atoms with Gasteiger partial charge in [-0.1, -0.05) is 0 Å². The fraction of sp³-hybridized carbons (Fsp3) is 0.583. The van der Waals surface area contributed by atoms with Crippen LogP contribution in [0.1, 0.15) is 31.9 Å². The molecule has 0 amide bonds. The fourth-order valence-corrected chi connectivity index (χ4v) is 3.56. The van der Waals surface area contributed by atoms with Crippen LogP contribution in [0, 0.1) is 0 Å². The van der Waals surface area contributed by atoms with Crippen LogP contribution in [0.5, 0.6) is 0 Å². The molecule has 5 heteroatoms. The summed E-state index contributed by atoms with van der Waals surface area (Å²) in [6, 6.07) is 0.579. The van der Waals surface area contributed by atoms with Gasteiger partial charge in [0.05, 0.1) is 11.6 Å². The lowest BCUT2D eigenvalue weighted by Gasteiger charge is -2.34. The van der Waals surface area contributed by atoms with E-state index in [2.05, 4.69) is 27.8 Å². The van der Waals surface area contributed by atoms with Crippen molar-refractivity contribution < 1.29 is 0 Å². The summed E-state index contributed by atoms with van der Waals surface area (Å²) in [6.45, 7) is 3.39. The quantitative estimate of drug-likeness (QED) is 0.778. The molecule has 1 unspecified atom stereocenters. The standard InChI is InChI=1S/C12H16ClN3S/c1-9-4-2-3-5-15(9)11-10(8-13)16-6-7-17-12(16)14-11/h6-7,9H,2-5,8H2,1H3. The number of hydrogen-bond donors (Lipinski definition) is 0. The molecule has 17 heavy (non-hydrogen) atoms. The Hall–Kier alpha value is -0.740. The molecule has 2 aromatic heterocycles. The zero-order valence-electron chi connectivity index (χ0n) is 9.90. The molecule has 0 aliphatic carbocycles. The summed E-state index contributed by atoms with van der Waals surface area (Å²) in [5.74, 6) is 1.62. The normalized spacial score (nSPS) is 21.3. The van der Waals surface area contributed by atoms with Gasteiger partial charge in [-0.05, 0) is 26.2 Å². The van der Waals surface area contributed by atoms with Crippen molar-refractivity contribution in [2.24, 2.45) is 0 Å². The van der Waals surface area contributed by atoms with Gasteiger partial charge in [0.25, 0.3) is 0 Å². The third kappa shape index (κ3) is 1.83. The van der Waals surface area contributed by atoms with Crippen molar-refractivity contribution in [3.05, 3.63) is 17.3 Å². The van der Waals surface area contributed by atoms with Gasteiger partial charge in [0.2, 0.25) is 0 Å². The molecule has 2 aromatic rings. The third-order valence-electron chi connectivity index (χ3n) is 3.54. The summed E-state index contributed by atoms with van der Waals surface area (Å²) in [7, 11) is 0. The molecule has 0 saturated carbocycles. The summed E-state index contributed by atoms with van der Waals surface area (Å²) in [4.78, 5) is 8.21. The van der Waals surface area contributed by atoms with Crippen molar-refractivity contribution in [3.63, 3.8) is 0 Å². The van der Waals surface area contributed by atoms with Gasteiger partial charge in [-0.3, -0.25) is 4.40 Å². The van der Waals surface area contributed by atoms with Gasteiger partial charge in [-0.15, -0.1) is 22.9 Å². The van der Waals surface area contributed by atoms with Crippen LogP contribution in [0.15, 0.2) is 11.6 Å². The molecule has 0 bridgehead atoms. The smallest absolute Gasteiger partial charge is 0.195 e. The summed E-state index contributed by atoms with van der Waals surface area (Å²) in [5.41, 5.74) is 1.14. The molecule has 1 atom stereocenters. The number of nitrogens with zero attached hydrogens (tertiary/aromatic N) is 3. The van der Waals surface area contributed by atoms with Gasteiger partial charge in [-0.2, -0.15) is 0 Å². The second-order valence-corrected chi connectivity index (χ2v) is 5.75. The largest absolute Gasteiger partial charge is 0.352 e. The first-order valence-corrected chi connectivity index (χ1v) is 7.49. The minimum atomic E-state index is 0.524. The molecule has 1 aliphatic heterocycles. The van der Waals surface area contributed by atoms with E-state index in [0.29, 0.717) is 11.9 Å². The molecule has 0 radical (unpaired) electrons. The van der Waals surface area contributed by atoms with Crippen molar-refractivity contribution >= 4 is 33.7 Å². The molecular formula is C12H16ClN3S. The van der Waals surface area contributed by atoms with E-state index < -0.39 is 0 Å². The van der Waals surface area contributed by atoms with Gasteiger partial charge in [0, 0.05) is 24.2 Å². The van der Waals surface area contributed by atoms with Crippen LogP contribution in [0.2, 0.25) is 0 Å². The molecule has 3 heterocycles. The Morgan fingerprint density at radius 3 is 3.18 bits per heavy atom. The van der Waals surface area contributed by atoms with E-state index in [0.717, 1.165) is 23.0 Å². The van der Waals surface area contributed by atoms with Gasteiger partial charge in [0.15, 0.2) is 10.8 Å². The molecule has 92 valence electrons. The lowest BCUT2D eigenvalue weighted by Crippen LogP contribution is -2.38. The number of fused-ring (bicyclic) bond motifs is 1. The highest BCUT2D eigenvalue weighted by Crippen LogP contribution is 2.30. The molecule has 0 aromatic carbocycles. The van der Waals surface area contributed by atoms with E-state index in [1.807, 2.05) is 0 Å². The second kappa shape index (κ2) is 4.50. The molecule has 3 nitrogen and oxygen atoms in total. The van der Waals surface area contributed by atoms with Crippen LogP contribution in [-0.2, 0) is 5.88 Å². The zero-order chi connectivity index (χ0) is 11.8. The SMILES string of the molecule is CC1CCCCN1c1nc2sccn2c1CCl. The highest BCUT2D eigenvalue weighted by atomic mass is 35.5. The lowest BCUT2D eigenvalue weighted by molar-refractivity contribution is 0.481. The summed E-state index contributed by atoms with van der Waals surface area (Å²) in [5, 5.41) is 2.06. The van der Waals surface area contributed by atoms with Crippen molar-refractivity contribution in [2.75, 3.05) is 11.4 Å². The van der Waals surface area contributed by atoms with Gasteiger partial charge >= 0.3 is 0 Å². The highest BCUT2D eigenvalue weighted by molar-refractivity contribution is 7.15.